The van der Waals surface area contributed by atoms with Crippen molar-refractivity contribution in [3.05, 3.63) is 69.2 Å². The van der Waals surface area contributed by atoms with E-state index in [-0.39, 0.29) is 18.0 Å². The highest BCUT2D eigenvalue weighted by Gasteiger charge is 2.16. The molecule has 0 radical (unpaired) electrons. The zero-order valence-electron chi connectivity index (χ0n) is 11.5. The van der Waals surface area contributed by atoms with Crippen LogP contribution in [0.4, 0.5) is 8.78 Å². The normalized spacial score (nSPS) is 12.4. The Morgan fingerprint density at radius 1 is 1.05 bits per heavy atom. The summed E-state index contributed by atoms with van der Waals surface area (Å²) in [4.78, 5) is 0. The number of hydrogen-bond donors (Lipinski definition) is 1. The summed E-state index contributed by atoms with van der Waals surface area (Å²) in [5.41, 5.74) is 0.926. The van der Waals surface area contributed by atoms with E-state index >= 15 is 0 Å². The molecule has 112 valence electrons. The van der Waals surface area contributed by atoms with Gasteiger partial charge in [-0.15, -0.1) is 0 Å². The van der Waals surface area contributed by atoms with Crippen LogP contribution >= 0.6 is 23.2 Å². The molecule has 5 heteroatoms. The average molecular weight is 330 g/mol. The lowest BCUT2D eigenvalue weighted by molar-refractivity contribution is 0.502. The van der Waals surface area contributed by atoms with Gasteiger partial charge >= 0.3 is 0 Å². The molecule has 0 saturated heterocycles. The lowest BCUT2D eigenvalue weighted by Gasteiger charge is -2.18. The molecule has 2 rings (SSSR count). The van der Waals surface area contributed by atoms with Crippen molar-refractivity contribution in [1.29, 1.82) is 0 Å². The minimum absolute atomic E-state index is 0.0787. The van der Waals surface area contributed by atoms with Crippen molar-refractivity contribution in [2.24, 2.45) is 0 Å². The Bertz CT molecular complexity index is 611. The maximum absolute atomic E-state index is 13.7. The van der Waals surface area contributed by atoms with Gasteiger partial charge in [-0.25, -0.2) is 8.78 Å². The quantitative estimate of drug-likeness (QED) is 0.842. The standard InChI is InChI=1S/C16H15Cl2F2N/c1-21-12(8-10-7-11(17)5-6-14(10)18)9-13-15(19)3-2-4-16(13)20/h2-7,12,21H,8-9H2,1H3. The predicted molar refractivity (Wildman–Crippen MR) is 83.1 cm³/mol. The number of rotatable bonds is 5. The van der Waals surface area contributed by atoms with Gasteiger partial charge in [0.05, 0.1) is 0 Å². The van der Waals surface area contributed by atoms with Crippen LogP contribution in [0.5, 0.6) is 0 Å². The molecule has 1 N–H and O–H groups in total. The minimum atomic E-state index is -0.535. The molecule has 0 aliphatic carbocycles. The monoisotopic (exact) mass is 329 g/mol. The van der Waals surface area contributed by atoms with Crippen molar-refractivity contribution in [2.75, 3.05) is 7.05 Å². The number of halogens is 4. The minimum Gasteiger partial charge on any atom is -0.316 e. The summed E-state index contributed by atoms with van der Waals surface area (Å²) in [7, 11) is 1.75. The Hall–Kier alpha value is -1.16. The lowest BCUT2D eigenvalue weighted by atomic mass is 9.98. The summed E-state index contributed by atoms with van der Waals surface area (Å²) in [5, 5.41) is 4.24. The third-order valence-electron chi connectivity index (χ3n) is 3.39. The van der Waals surface area contributed by atoms with Gasteiger partial charge in [0.2, 0.25) is 0 Å². The molecule has 0 aliphatic rings. The first-order valence-corrected chi connectivity index (χ1v) is 7.31. The van der Waals surface area contributed by atoms with Crippen LogP contribution in [0.3, 0.4) is 0 Å². The van der Waals surface area contributed by atoms with E-state index in [9.17, 15) is 8.78 Å². The van der Waals surface area contributed by atoms with Crippen LogP contribution in [0.25, 0.3) is 0 Å². The van der Waals surface area contributed by atoms with Crippen molar-refractivity contribution >= 4 is 23.2 Å². The van der Waals surface area contributed by atoms with Gasteiger partial charge in [-0.05, 0) is 55.8 Å². The molecule has 0 aliphatic heterocycles. The van der Waals surface area contributed by atoms with Crippen LogP contribution in [0.15, 0.2) is 36.4 Å². The molecule has 1 unspecified atom stereocenters. The summed E-state index contributed by atoms with van der Waals surface area (Å²) in [6.45, 7) is 0. The Balaban J connectivity index is 2.19. The zero-order chi connectivity index (χ0) is 15.4. The van der Waals surface area contributed by atoms with Crippen molar-refractivity contribution in [3.63, 3.8) is 0 Å². The van der Waals surface area contributed by atoms with E-state index in [4.69, 9.17) is 23.2 Å². The van der Waals surface area contributed by atoms with E-state index in [0.717, 1.165) is 5.56 Å². The van der Waals surface area contributed by atoms with Crippen molar-refractivity contribution in [3.8, 4) is 0 Å². The van der Waals surface area contributed by atoms with Gasteiger partial charge in [0.15, 0.2) is 0 Å². The van der Waals surface area contributed by atoms with Crippen LogP contribution in [0.1, 0.15) is 11.1 Å². The maximum Gasteiger partial charge on any atom is 0.129 e. The van der Waals surface area contributed by atoms with Gasteiger partial charge < -0.3 is 5.32 Å². The Morgan fingerprint density at radius 3 is 2.33 bits per heavy atom. The average Bonchev–Trinajstić information content (AvgIpc) is 2.45. The fraction of sp³-hybridized carbons (Fsp3) is 0.250. The molecule has 0 bridgehead atoms. The van der Waals surface area contributed by atoms with Crippen molar-refractivity contribution < 1.29 is 8.78 Å². The highest BCUT2D eigenvalue weighted by Crippen LogP contribution is 2.23. The van der Waals surface area contributed by atoms with E-state index in [2.05, 4.69) is 5.32 Å². The zero-order valence-corrected chi connectivity index (χ0v) is 13.0. The molecule has 1 atom stereocenters. The van der Waals surface area contributed by atoms with Crippen LogP contribution in [-0.4, -0.2) is 13.1 Å². The molecule has 2 aromatic rings. The van der Waals surface area contributed by atoms with Crippen LogP contribution < -0.4 is 5.32 Å². The van der Waals surface area contributed by atoms with E-state index in [0.29, 0.717) is 16.5 Å². The molecule has 21 heavy (non-hydrogen) atoms. The molecule has 0 fully saturated rings. The van der Waals surface area contributed by atoms with E-state index in [1.165, 1.54) is 18.2 Å². The molecule has 0 heterocycles. The Labute approximate surface area is 132 Å². The molecule has 2 aromatic carbocycles. The summed E-state index contributed by atoms with van der Waals surface area (Å²) in [6.07, 6.45) is 0.765. The van der Waals surface area contributed by atoms with Crippen molar-refractivity contribution in [2.45, 2.75) is 18.9 Å². The van der Waals surface area contributed by atoms with Crippen LogP contribution in [0, 0.1) is 11.6 Å². The molecule has 1 nitrogen and oxygen atoms in total. The fourth-order valence-electron chi connectivity index (χ4n) is 2.22. The van der Waals surface area contributed by atoms with Gasteiger partial charge in [-0.2, -0.15) is 0 Å². The molecule has 0 spiro atoms. The molecule has 0 saturated carbocycles. The SMILES string of the molecule is CNC(Cc1cc(Cl)ccc1Cl)Cc1c(F)cccc1F. The first-order valence-electron chi connectivity index (χ1n) is 6.55. The summed E-state index contributed by atoms with van der Waals surface area (Å²) < 4.78 is 27.4. The summed E-state index contributed by atoms with van der Waals surface area (Å²) >= 11 is 12.1. The first-order chi connectivity index (χ1) is 10.0. The second-order valence-corrected chi connectivity index (χ2v) is 5.67. The van der Waals surface area contributed by atoms with Gasteiger partial charge in [-0.1, -0.05) is 29.3 Å². The second kappa shape index (κ2) is 7.21. The third-order valence-corrected chi connectivity index (χ3v) is 4.00. The Kier molecular flexibility index (Phi) is 5.57. The number of hydrogen-bond acceptors (Lipinski definition) is 1. The number of benzene rings is 2. The van der Waals surface area contributed by atoms with E-state index in [1.54, 1.807) is 25.2 Å². The summed E-state index contributed by atoms with van der Waals surface area (Å²) in [6, 6.07) is 8.93. The Morgan fingerprint density at radius 2 is 1.71 bits per heavy atom. The third kappa shape index (κ3) is 4.16. The fourth-order valence-corrected chi connectivity index (χ4v) is 2.60. The molecule has 0 aromatic heterocycles. The lowest BCUT2D eigenvalue weighted by Crippen LogP contribution is -2.30. The van der Waals surface area contributed by atoms with Gasteiger partial charge in [0, 0.05) is 21.7 Å². The van der Waals surface area contributed by atoms with E-state index < -0.39 is 11.6 Å². The molecule has 0 amide bonds. The second-order valence-electron chi connectivity index (χ2n) is 4.83. The summed E-state index contributed by atoms with van der Waals surface area (Å²) in [5.74, 6) is -1.07. The topological polar surface area (TPSA) is 12.0 Å². The maximum atomic E-state index is 13.7. The largest absolute Gasteiger partial charge is 0.316 e. The highest BCUT2D eigenvalue weighted by atomic mass is 35.5. The predicted octanol–water partition coefficient (Wildman–Crippen LogP) is 4.64. The van der Waals surface area contributed by atoms with Gasteiger partial charge in [-0.3, -0.25) is 0 Å². The molecular weight excluding hydrogens is 315 g/mol. The smallest absolute Gasteiger partial charge is 0.129 e. The molecular formula is C16H15Cl2F2N. The number of nitrogens with one attached hydrogen (secondary N) is 1. The van der Waals surface area contributed by atoms with E-state index in [1.807, 2.05) is 0 Å². The van der Waals surface area contributed by atoms with Crippen molar-refractivity contribution in [1.82, 2.24) is 5.32 Å². The first kappa shape index (κ1) is 16.2. The highest BCUT2D eigenvalue weighted by molar-refractivity contribution is 6.33. The van der Waals surface area contributed by atoms with Crippen LogP contribution in [0.2, 0.25) is 10.0 Å². The van der Waals surface area contributed by atoms with Crippen LogP contribution in [-0.2, 0) is 12.8 Å². The van der Waals surface area contributed by atoms with Gasteiger partial charge in [0.1, 0.15) is 11.6 Å². The van der Waals surface area contributed by atoms with Gasteiger partial charge in [0.25, 0.3) is 0 Å². The number of likely N-dealkylation sites (N-methyl/N-ethyl adjacent to an activating group) is 1.